The molecule has 1 saturated heterocycles. The first-order chi connectivity index (χ1) is 14.5. The Bertz CT molecular complexity index is 1110. The van der Waals surface area contributed by atoms with E-state index in [9.17, 15) is 14.4 Å². The van der Waals surface area contributed by atoms with Gasteiger partial charge in [0.1, 0.15) is 5.75 Å². The fourth-order valence-corrected chi connectivity index (χ4v) is 3.95. The molecule has 30 heavy (non-hydrogen) atoms. The van der Waals surface area contributed by atoms with E-state index in [0.29, 0.717) is 41.9 Å². The number of carbonyl (C=O) groups is 3. The summed E-state index contributed by atoms with van der Waals surface area (Å²) in [5.74, 6) is -0.681. The largest absolute Gasteiger partial charge is 0.496 e. The summed E-state index contributed by atoms with van der Waals surface area (Å²) < 4.78 is 5.36. The van der Waals surface area contributed by atoms with E-state index < -0.39 is 11.7 Å². The molecule has 2 heterocycles. The molecular formula is C23H23N3O4. The van der Waals surface area contributed by atoms with Crippen molar-refractivity contribution in [1.82, 2.24) is 14.8 Å². The molecule has 7 heteroatoms. The lowest BCUT2D eigenvalue weighted by molar-refractivity contribution is -0.130. The number of ketones is 1. The summed E-state index contributed by atoms with van der Waals surface area (Å²) in [6.45, 7) is 2.92. The van der Waals surface area contributed by atoms with Crippen molar-refractivity contribution in [1.29, 1.82) is 0 Å². The number of amides is 2. The second kappa shape index (κ2) is 8.02. The summed E-state index contributed by atoms with van der Waals surface area (Å²) in [4.78, 5) is 45.0. The number of methoxy groups -OCH3 is 1. The SMILES string of the molecule is COc1cccc2[nH]cc(C(=O)C(=O)N3CCN(C(=O)c4ccccc4)C[C@H]3C)c12. The number of H-pyrrole nitrogens is 1. The molecule has 4 rings (SSSR count). The van der Waals surface area contributed by atoms with Crippen molar-refractivity contribution in [2.75, 3.05) is 26.7 Å². The van der Waals surface area contributed by atoms with Crippen molar-refractivity contribution in [3.8, 4) is 5.75 Å². The van der Waals surface area contributed by atoms with Crippen LogP contribution in [-0.4, -0.2) is 65.2 Å². The van der Waals surface area contributed by atoms with Crippen LogP contribution in [-0.2, 0) is 4.79 Å². The van der Waals surface area contributed by atoms with Gasteiger partial charge in [0.2, 0.25) is 0 Å². The lowest BCUT2D eigenvalue weighted by Gasteiger charge is -2.39. The molecule has 0 unspecified atom stereocenters. The molecule has 2 amide bonds. The number of aromatic amines is 1. The second-order valence-corrected chi connectivity index (χ2v) is 7.38. The summed E-state index contributed by atoms with van der Waals surface area (Å²) in [5, 5.41) is 0.601. The number of aromatic nitrogens is 1. The second-order valence-electron chi connectivity index (χ2n) is 7.38. The zero-order chi connectivity index (χ0) is 21.3. The van der Waals surface area contributed by atoms with E-state index in [4.69, 9.17) is 4.74 Å². The van der Waals surface area contributed by atoms with Crippen molar-refractivity contribution in [2.45, 2.75) is 13.0 Å². The van der Waals surface area contributed by atoms with Crippen LogP contribution in [0.25, 0.3) is 10.9 Å². The summed E-state index contributed by atoms with van der Waals surface area (Å²) in [6, 6.07) is 14.2. The van der Waals surface area contributed by atoms with Crippen LogP contribution >= 0.6 is 0 Å². The number of ether oxygens (including phenoxy) is 1. The first-order valence-electron chi connectivity index (χ1n) is 9.85. The molecule has 1 aliphatic heterocycles. The third-order valence-electron chi connectivity index (χ3n) is 5.52. The molecule has 1 atom stereocenters. The number of nitrogens with zero attached hydrogens (tertiary/aromatic N) is 2. The predicted octanol–water partition coefficient (Wildman–Crippen LogP) is 2.73. The highest BCUT2D eigenvalue weighted by Crippen LogP contribution is 2.29. The minimum Gasteiger partial charge on any atom is -0.496 e. The van der Waals surface area contributed by atoms with Gasteiger partial charge in [-0.15, -0.1) is 0 Å². The van der Waals surface area contributed by atoms with Gasteiger partial charge in [0.05, 0.1) is 18.1 Å². The van der Waals surface area contributed by atoms with Crippen LogP contribution < -0.4 is 4.74 Å². The highest BCUT2D eigenvalue weighted by molar-refractivity contribution is 6.45. The number of Topliss-reactive ketones (excluding diaryl/α,β-unsaturated/α-hetero) is 1. The number of carbonyl (C=O) groups excluding carboxylic acids is 3. The standard InChI is InChI=1S/C23H23N3O4/c1-15-14-25(22(28)16-7-4-3-5-8-16)11-12-26(15)23(29)21(27)17-13-24-18-9-6-10-19(30-2)20(17)18/h3-10,13,15,24H,11-12,14H2,1-2H3/t15-/m1/s1. The number of benzene rings is 2. The third-order valence-corrected chi connectivity index (χ3v) is 5.52. The number of hydrogen-bond acceptors (Lipinski definition) is 4. The molecule has 0 aliphatic carbocycles. The zero-order valence-electron chi connectivity index (χ0n) is 16.9. The molecule has 0 spiro atoms. The smallest absolute Gasteiger partial charge is 0.295 e. The Morgan fingerprint density at radius 1 is 1.03 bits per heavy atom. The van der Waals surface area contributed by atoms with Crippen LogP contribution in [0.15, 0.2) is 54.7 Å². The zero-order valence-corrected chi connectivity index (χ0v) is 16.9. The molecule has 154 valence electrons. The number of nitrogens with one attached hydrogen (secondary N) is 1. The van der Waals surface area contributed by atoms with Crippen LogP contribution in [0.2, 0.25) is 0 Å². The van der Waals surface area contributed by atoms with Gasteiger partial charge in [-0.3, -0.25) is 14.4 Å². The summed E-state index contributed by atoms with van der Waals surface area (Å²) >= 11 is 0. The molecule has 3 aromatic rings. The minimum atomic E-state index is -0.583. The number of rotatable bonds is 4. The monoisotopic (exact) mass is 405 g/mol. The third kappa shape index (κ3) is 3.43. The molecule has 1 fully saturated rings. The molecule has 0 saturated carbocycles. The molecule has 2 aromatic carbocycles. The van der Waals surface area contributed by atoms with Gasteiger partial charge in [0.15, 0.2) is 0 Å². The maximum atomic E-state index is 13.0. The highest BCUT2D eigenvalue weighted by atomic mass is 16.5. The Hall–Kier alpha value is -3.61. The highest BCUT2D eigenvalue weighted by Gasteiger charge is 2.34. The van der Waals surface area contributed by atoms with E-state index in [-0.39, 0.29) is 11.9 Å². The van der Waals surface area contributed by atoms with Crippen LogP contribution in [0.4, 0.5) is 0 Å². The van der Waals surface area contributed by atoms with Gasteiger partial charge in [-0.05, 0) is 31.2 Å². The lowest BCUT2D eigenvalue weighted by Crippen LogP contribution is -2.56. The van der Waals surface area contributed by atoms with E-state index in [0.717, 1.165) is 5.52 Å². The Morgan fingerprint density at radius 2 is 1.80 bits per heavy atom. The molecule has 0 bridgehead atoms. The molecule has 1 N–H and O–H groups in total. The van der Waals surface area contributed by atoms with Crippen molar-refractivity contribution in [3.05, 3.63) is 65.9 Å². The Balaban J connectivity index is 1.51. The van der Waals surface area contributed by atoms with Crippen molar-refractivity contribution in [2.24, 2.45) is 0 Å². The molecule has 1 aliphatic rings. The summed E-state index contributed by atoms with van der Waals surface area (Å²) in [7, 11) is 1.53. The Labute approximate surface area is 174 Å². The molecule has 0 radical (unpaired) electrons. The maximum Gasteiger partial charge on any atom is 0.295 e. The van der Waals surface area contributed by atoms with Crippen molar-refractivity contribution in [3.63, 3.8) is 0 Å². The molecular weight excluding hydrogens is 382 g/mol. The quantitative estimate of drug-likeness (QED) is 0.534. The average molecular weight is 405 g/mol. The van der Waals surface area contributed by atoms with E-state index >= 15 is 0 Å². The number of fused-ring (bicyclic) bond motifs is 1. The van der Waals surface area contributed by atoms with Gasteiger partial charge < -0.3 is 19.5 Å². The van der Waals surface area contributed by atoms with Gasteiger partial charge in [-0.1, -0.05) is 24.3 Å². The maximum absolute atomic E-state index is 13.0. The average Bonchev–Trinajstić information content (AvgIpc) is 3.22. The Kier molecular flexibility index (Phi) is 5.27. The fraction of sp³-hybridized carbons (Fsp3) is 0.261. The van der Waals surface area contributed by atoms with E-state index in [1.54, 1.807) is 34.2 Å². The van der Waals surface area contributed by atoms with Gasteiger partial charge in [0.25, 0.3) is 17.6 Å². The normalized spacial score (nSPS) is 16.5. The first-order valence-corrected chi connectivity index (χ1v) is 9.85. The fourth-order valence-electron chi connectivity index (χ4n) is 3.95. The minimum absolute atomic E-state index is 0.0674. The summed E-state index contributed by atoms with van der Waals surface area (Å²) in [5.41, 5.74) is 1.64. The van der Waals surface area contributed by atoms with Gasteiger partial charge in [-0.25, -0.2) is 0 Å². The topological polar surface area (TPSA) is 82.7 Å². The lowest BCUT2D eigenvalue weighted by atomic mass is 10.1. The predicted molar refractivity (Wildman–Crippen MR) is 113 cm³/mol. The van der Waals surface area contributed by atoms with Crippen molar-refractivity contribution >= 4 is 28.5 Å². The van der Waals surface area contributed by atoms with Gasteiger partial charge >= 0.3 is 0 Å². The van der Waals surface area contributed by atoms with Gasteiger partial charge in [0, 0.05) is 43.0 Å². The van der Waals surface area contributed by atoms with Gasteiger partial charge in [-0.2, -0.15) is 0 Å². The number of piperazine rings is 1. The van der Waals surface area contributed by atoms with E-state index in [2.05, 4.69) is 4.98 Å². The Morgan fingerprint density at radius 3 is 2.50 bits per heavy atom. The number of hydrogen-bond donors (Lipinski definition) is 1. The molecule has 7 nitrogen and oxygen atoms in total. The van der Waals surface area contributed by atoms with E-state index in [1.165, 1.54) is 7.11 Å². The van der Waals surface area contributed by atoms with Crippen LogP contribution in [0.5, 0.6) is 5.75 Å². The van der Waals surface area contributed by atoms with E-state index in [1.807, 2.05) is 37.3 Å². The first kappa shape index (κ1) is 19.7. The molecule has 1 aromatic heterocycles. The van der Waals surface area contributed by atoms with Crippen LogP contribution in [0.3, 0.4) is 0 Å². The van der Waals surface area contributed by atoms with Crippen LogP contribution in [0.1, 0.15) is 27.6 Å². The van der Waals surface area contributed by atoms with Crippen molar-refractivity contribution < 1.29 is 19.1 Å². The van der Waals surface area contributed by atoms with Crippen LogP contribution in [0, 0.1) is 0 Å². The summed E-state index contributed by atoms with van der Waals surface area (Å²) in [6.07, 6.45) is 1.55.